The Morgan fingerprint density at radius 3 is 2.50 bits per heavy atom. The van der Waals surface area contributed by atoms with Gasteiger partial charge >= 0.3 is 0 Å². The topological polar surface area (TPSA) is 47.8 Å². The molecule has 2 aromatic carbocycles. The van der Waals surface area contributed by atoms with Crippen LogP contribution in [-0.2, 0) is 0 Å². The molecule has 0 bridgehead atoms. The van der Waals surface area contributed by atoms with Crippen molar-refractivity contribution in [3.05, 3.63) is 70.0 Å². The summed E-state index contributed by atoms with van der Waals surface area (Å²) in [6.45, 7) is 3.97. The fraction of sp³-hybridized carbons (Fsp3) is 0.167. The van der Waals surface area contributed by atoms with Crippen molar-refractivity contribution in [2.75, 3.05) is 5.75 Å². The number of carbonyl (C=O) groups is 1. The Morgan fingerprint density at radius 1 is 1.08 bits per heavy atom. The number of carbonyl (C=O) groups excluding carboxylic acids is 1. The first-order valence-corrected chi connectivity index (χ1v) is 9.23. The Labute approximate surface area is 153 Å². The third kappa shape index (κ3) is 3.60. The third-order valence-electron chi connectivity index (χ3n) is 3.65. The van der Waals surface area contributed by atoms with E-state index in [0.717, 1.165) is 26.7 Å². The molecule has 0 unspecified atom stereocenters. The maximum Gasteiger partial charge on any atom is 0.196 e. The van der Waals surface area contributed by atoms with Gasteiger partial charge in [-0.3, -0.25) is 9.36 Å². The second-order valence-electron chi connectivity index (χ2n) is 5.37. The summed E-state index contributed by atoms with van der Waals surface area (Å²) in [4.78, 5) is 12.4. The number of Topliss-reactive ketones (excluding diaryl/α,β-unsaturated/α-hetero) is 1. The number of hydrogen-bond donors (Lipinski definition) is 0. The van der Waals surface area contributed by atoms with Crippen LogP contribution in [0.2, 0.25) is 0 Å². The number of aryl methyl sites for hydroxylation is 2. The van der Waals surface area contributed by atoms with E-state index >= 15 is 0 Å². The van der Waals surface area contributed by atoms with E-state index in [1.165, 1.54) is 11.8 Å². The van der Waals surface area contributed by atoms with Gasteiger partial charge in [-0.2, -0.15) is 0 Å². The number of benzene rings is 2. The van der Waals surface area contributed by atoms with E-state index in [4.69, 9.17) is 0 Å². The summed E-state index contributed by atoms with van der Waals surface area (Å²) in [5, 5.41) is 9.13. The van der Waals surface area contributed by atoms with Crippen molar-refractivity contribution >= 4 is 33.5 Å². The highest BCUT2D eigenvalue weighted by Gasteiger charge is 2.15. The largest absolute Gasteiger partial charge is 0.293 e. The number of rotatable bonds is 5. The normalized spacial score (nSPS) is 10.8. The number of thioether (sulfide) groups is 1. The number of nitrogens with zero attached hydrogens (tertiary/aromatic N) is 3. The molecule has 6 heteroatoms. The second-order valence-corrected chi connectivity index (χ2v) is 7.23. The van der Waals surface area contributed by atoms with E-state index in [9.17, 15) is 4.79 Å². The standard InChI is InChI=1S/C18H16BrN3OS/c1-12-5-3-4-6-16(12)22-13(2)20-21-18(22)24-11-17(23)14-7-9-15(19)10-8-14/h3-10H,11H2,1-2H3. The van der Waals surface area contributed by atoms with Crippen molar-refractivity contribution < 1.29 is 4.79 Å². The highest BCUT2D eigenvalue weighted by Crippen LogP contribution is 2.24. The lowest BCUT2D eigenvalue weighted by Gasteiger charge is -2.10. The lowest BCUT2D eigenvalue weighted by atomic mass is 10.2. The molecule has 1 heterocycles. The molecule has 4 nitrogen and oxygen atoms in total. The monoisotopic (exact) mass is 401 g/mol. The van der Waals surface area contributed by atoms with Crippen molar-refractivity contribution in [1.82, 2.24) is 14.8 Å². The van der Waals surface area contributed by atoms with Crippen LogP contribution < -0.4 is 0 Å². The molecule has 0 saturated carbocycles. The van der Waals surface area contributed by atoms with Gasteiger partial charge in [-0.1, -0.05) is 58.0 Å². The molecule has 0 N–H and O–H groups in total. The van der Waals surface area contributed by atoms with Crippen molar-refractivity contribution in [3.63, 3.8) is 0 Å². The molecule has 122 valence electrons. The van der Waals surface area contributed by atoms with Crippen molar-refractivity contribution in [3.8, 4) is 5.69 Å². The molecule has 0 radical (unpaired) electrons. The van der Waals surface area contributed by atoms with Gasteiger partial charge in [0.1, 0.15) is 5.82 Å². The summed E-state index contributed by atoms with van der Waals surface area (Å²) in [5.74, 6) is 1.21. The van der Waals surface area contributed by atoms with Crippen LogP contribution in [0.25, 0.3) is 5.69 Å². The summed E-state index contributed by atoms with van der Waals surface area (Å²) in [5.41, 5.74) is 2.88. The average Bonchev–Trinajstić information content (AvgIpc) is 2.94. The number of ketones is 1. The van der Waals surface area contributed by atoms with Gasteiger partial charge < -0.3 is 0 Å². The van der Waals surface area contributed by atoms with Crippen LogP contribution >= 0.6 is 27.7 Å². The van der Waals surface area contributed by atoms with Crippen molar-refractivity contribution in [1.29, 1.82) is 0 Å². The molecule has 0 spiro atoms. The molecule has 0 aliphatic heterocycles. The summed E-state index contributed by atoms with van der Waals surface area (Å²) in [7, 11) is 0. The van der Waals surface area contributed by atoms with E-state index < -0.39 is 0 Å². The van der Waals surface area contributed by atoms with Gasteiger partial charge in [0.05, 0.1) is 11.4 Å². The smallest absolute Gasteiger partial charge is 0.196 e. The second kappa shape index (κ2) is 7.32. The van der Waals surface area contributed by atoms with Gasteiger partial charge in [-0.25, -0.2) is 0 Å². The van der Waals surface area contributed by atoms with Crippen LogP contribution in [-0.4, -0.2) is 26.3 Å². The fourth-order valence-electron chi connectivity index (χ4n) is 2.38. The first-order chi connectivity index (χ1) is 11.6. The summed E-state index contributed by atoms with van der Waals surface area (Å²) >= 11 is 4.78. The number of halogens is 1. The molecule has 0 amide bonds. The summed E-state index contributed by atoms with van der Waals surface area (Å²) < 4.78 is 2.95. The van der Waals surface area contributed by atoms with Crippen LogP contribution in [0.1, 0.15) is 21.7 Å². The molecule has 0 aliphatic carbocycles. The molecule has 3 rings (SSSR count). The SMILES string of the molecule is Cc1ccccc1-n1c(C)nnc1SCC(=O)c1ccc(Br)cc1. The quantitative estimate of drug-likeness (QED) is 0.462. The van der Waals surface area contributed by atoms with Gasteiger partial charge in [0.2, 0.25) is 0 Å². The number of hydrogen-bond acceptors (Lipinski definition) is 4. The molecule has 0 fully saturated rings. The highest BCUT2D eigenvalue weighted by atomic mass is 79.9. The Morgan fingerprint density at radius 2 is 1.79 bits per heavy atom. The van der Waals surface area contributed by atoms with Crippen LogP contribution in [0.4, 0.5) is 0 Å². The van der Waals surface area contributed by atoms with Gasteiger partial charge in [0.15, 0.2) is 10.9 Å². The third-order valence-corrected chi connectivity index (χ3v) is 5.11. The Bertz CT molecular complexity index is 874. The van der Waals surface area contributed by atoms with Crippen molar-refractivity contribution in [2.45, 2.75) is 19.0 Å². The van der Waals surface area contributed by atoms with E-state index in [0.29, 0.717) is 11.3 Å². The molecule has 0 aliphatic rings. The van der Waals surface area contributed by atoms with E-state index in [-0.39, 0.29) is 5.78 Å². The zero-order valence-corrected chi connectivity index (χ0v) is 15.8. The molecule has 3 aromatic rings. The van der Waals surface area contributed by atoms with Crippen LogP contribution in [0.15, 0.2) is 58.2 Å². The molecule has 1 aromatic heterocycles. The minimum Gasteiger partial charge on any atom is -0.293 e. The Balaban J connectivity index is 1.81. The first-order valence-electron chi connectivity index (χ1n) is 7.46. The van der Waals surface area contributed by atoms with E-state index in [1.54, 1.807) is 0 Å². The predicted molar refractivity (Wildman–Crippen MR) is 100 cm³/mol. The Kier molecular flexibility index (Phi) is 5.16. The lowest BCUT2D eigenvalue weighted by Crippen LogP contribution is -2.05. The molecular formula is C18H16BrN3OS. The number of aromatic nitrogens is 3. The maximum atomic E-state index is 12.4. The zero-order chi connectivity index (χ0) is 17.1. The minimum atomic E-state index is 0.0736. The van der Waals surface area contributed by atoms with E-state index in [1.807, 2.05) is 54.0 Å². The van der Waals surface area contributed by atoms with Crippen molar-refractivity contribution in [2.24, 2.45) is 0 Å². The zero-order valence-electron chi connectivity index (χ0n) is 13.4. The van der Waals surface area contributed by atoms with Gasteiger partial charge in [-0.05, 0) is 37.6 Å². The maximum absolute atomic E-state index is 12.4. The molecule has 24 heavy (non-hydrogen) atoms. The predicted octanol–water partition coefficient (Wildman–Crippen LogP) is 4.62. The first kappa shape index (κ1) is 16.9. The Hall–Kier alpha value is -1.92. The highest BCUT2D eigenvalue weighted by molar-refractivity contribution is 9.10. The van der Waals surface area contributed by atoms with Crippen LogP contribution in [0, 0.1) is 13.8 Å². The summed E-state index contributed by atoms with van der Waals surface area (Å²) in [6, 6.07) is 15.5. The minimum absolute atomic E-state index is 0.0736. The fourth-order valence-corrected chi connectivity index (χ4v) is 3.53. The lowest BCUT2D eigenvalue weighted by molar-refractivity contribution is 0.102. The van der Waals surface area contributed by atoms with Crippen LogP contribution in [0.3, 0.4) is 0 Å². The van der Waals surface area contributed by atoms with Gasteiger partial charge in [0, 0.05) is 10.0 Å². The van der Waals surface area contributed by atoms with Gasteiger partial charge in [-0.15, -0.1) is 10.2 Å². The van der Waals surface area contributed by atoms with E-state index in [2.05, 4.69) is 39.1 Å². The number of para-hydroxylation sites is 1. The van der Waals surface area contributed by atoms with Crippen LogP contribution in [0.5, 0.6) is 0 Å². The molecule has 0 atom stereocenters. The van der Waals surface area contributed by atoms with Gasteiger partial charge in [0.25, 0.3) is 0 Å². The molecular weight excluding hydrogens is 386 g/mol. The molecule has 0 saturated heterocycles. The summed E-state index contributed by atoms with van der Waals surface area (Å²) in [6.07, 6.45) is 0. The average molecular weight is 402 g/mol.